The van der Waals surface area contributed by atoms with Gasteiger partial charge in [0, 0.05) is 12.0 Å². The molecule has 3 heteroatoms. The fraction of sp³-hybridized carbons (Fsp3) is 0.700. The second-order valence-corrected chi connectivity index (χ2v) is 3.42. The maximum Gasteiger partial charge on any atom is 0.330 e. The molecule has 0 aromatic rings. The summed E-state index contributed by atoms with van der Waals surface area (Å²) >= 11 is 0. The molecule has 2 atom stereocenters. The third kappa shape index (κ3) is 3.59. The summed E-state index contributed by atoms with van der Waals surface area (Å²) in [4.78, 5) is 10.7. The Kier molecular flexibility index (Phi) is 3.96. The Hall–Kier alpha value is -0.830. The van der Waals surface area contributed by atoms with Crippen molar-refractivity contribution in [3.63, 3.8) is 0 Å². The topological polar surface area (TPSA) is 35.5 Å². The van der Waals surface area contributed by atoms with Crippen LogP contribution in [0, 0.1) is 5.92 Å². The summed E-state index contributed by atoms with van der Waals surface area (Å²) in [5.41, 5.74) is 0. The largest absolute Gasteiger partial charge is 0.462 e. The van der Waals surface area contributed by atoms with Gasteiger partial charge < -0.3 is 9.47 Å². The van der Waals surface area contributed by atoms with Crippen molar-refractivity contribution >= 4 is 5.97 Å². The van der Waals surface area contributed by atoms with Crippen LogP contribution < -0.4 is 0 Å². The minimum Gasteiger partial charge on any atom is -0.462 e. The highest BCUT2D eigenvalue weighted by atomic mass is 16.5. The van der Waals surface area contributed by atoms with E-state index in [2.05, 4.69) is 13.5 Å². The molecule has 1 aliphatic rings. The van der Waals surface area contributed by atoms with E-state index >= 15 is 0 Å². The third-order valence-electron chi connectivity index (χ3n) is 2.23. The van der Waals surface area contributed by atoms with Crippen molar-refractivity contribution in [1.29, 1.82) is 0 Å². The van der Waals surface area contributed by atoms with Crippen LogP contribution in [-0.4, -0.2) is 25.3 Å². The van der Waals surface area contributed by atoms with E-state index in [1.165, 1.54) is 6.08 Å². The Labute approximate surface area is 78.7 Å². The summed E-state index contributed by atoms with van der Waals surface area (Å²) in [5, 5.41) is 0. The molecule has 13 heavy (non-hydrogen) atoms. The van der Waals surface area contributed by atoms with Gasteiger partial charge in [0.15, 0.2) is 0 Å². The first-order valence-electron chi connectivity index (χ1n) is 4.63. The van der Waals surface area contributed by atoms with Crippen molar-refractivity contribution in [3.05, 3.63) is 12.7 Å². The molecule has 0 aliphatic carbocycles. The van der Waals surface area contributed by atoms with Crippen LogP contribution in [0.2, 0.25) is 0 Å². The number of hydrogen-bond donors (Lipinski definition) is 0. The zero-order valence-corrected chi connectivity index (χ0v) is 7.99. The molecule has 1 aliphatic heterocycles. The van der Waals surface area contributed by atoms with Crippen molar-refractivity contribution in [1.82, 2.24) is 0 Å². The molecule has 1 heterocycles. The summed E-state index contributed by atoms with van der Waals surface area (Å²) in [6, 6.07) is 0. The summed E-state index contributed by atoms with van der Waals surface area (Å²) in [5.74, 6) is 0.0127. The average Bonchev–Trinajstić information content (AvgIpc) is 2.16. The molecule has 1 fully saturated rings. The lowest BCUT2D eigenvalue weighted by Crippen LogP contribution is -2.27. The van der Waals surface area contributed by atoms with Gasteiger partial charge in [0.25, 0.3) is 0 Å². The molecular weight excluding hydrogens is 168 g/mol. The van der Waals surface area contributed by atoms with Gasteiger partial charge >= 0.3 is 5.97 Å². The minimum atomic E-state index is -0.348. The standard InChI is InChI=1S/C10H16O3/c1-3-10(11)13-7-9-5-4-8(2)12-6-9/h3,8-9H,1,4-7H2,2H3. The first-order valence-corrected chi connectivity index (χ1v) is 4.63. The van der Waals surface area contributed by atoms with Gasteiger partial charge in [-0.1, -0.05) is 6.58 Å². The normalized spacial score (nSPS) is 28.1. The fourth-order valence-electron chi connectivity index (χ4n) is 1.33. The van der Waals surface area contributed by atoms with Crippen molar-refractivity contribution in [2.75, 3.05) is 13.2 Å². The van der Waals surface area contributed by atoms with Crippen LogP contribution in [0.4, 0.5) is 0 Å². The number of rotatable bonds is 3. The fourth-order valence-corrected chi connectivity index (χ4v) is 1.33. The van der Waals surface area contributed by atoms with E-state index in [1.807, 2.05) is 0 Å². The molecule has 0 bridgehead atoms. The molecule has 0 spiro atoms. The van der Waals surface area contributed by atoms with Crippen LogP contribution in [0.3, 0.4) is 0 Å². The highest BCUT2D eigenvalue weighted by molar-refractivity contribution is 5.81. The van der Waals surface area contributed by atoms with Gasteiger partial charge in [-0.2, -0.15) is 0 Å². The molecule has 3 nitrogen and oxygen atoms in total. The van der Waals surface area contributed by atoms with Crippen molar-refractivity contribution in [2.24, 2.45) is 5.92 Å². The van der Waals surface area contributed by atoms with Gasteiger partial charge in [-0.25, -0.2) is 4.79 Å². The van der Waals surface area contributed by atoms with Crippen LogP contribution in [0.25, 0.3) is 0 Å². The predicted molar refractivity (Wildman–Crippen MR) is 49.3 cm³/mol. The number of carbonyl (C=O) groups is 1. The van der Waals surface area contributed by atoms with E-state index in [-0.39, 0.29) is 5.97 Å². The van der Waals surface area contributed by atoms with Crippen LogP contribution in [0.15, 0.2) is 12.7 Å². The second-order valence-electron chi connectivity index (χ2n) is 3.42. The Morgan fingerprint density at radius 2 is 2.46 bits per heavy atom. The van der Waals surface area contributed by atoms with Crippen molar-refractivity contribution in [2.45, 2.75) is 25.9 Å². The molecule has 1 rings (SSSR count). The minimum absolute atomic E-state index is 0.348. The molecule has 0 aromatic heterocycles. The highest BCUT2D eigenvalue weighted by Crippen LogP contribution is 2.18. The highest BCUT2D eigenvalue weighted by Gasteiger charge is 2.19. The van der Waals surface area contributed by atoms with E-state index in [9.17, 15) is 4.79 Å². The molecule has 1 saturated heterocycles. The zero-order valence-electron chi connectivity index (χ0n) is 7.99. The van der Waals surface area contributed by atoms with Crippen molar-refractivity contribution in [3.8, 4) is 0 Å². The second kappa shape index (κ2) is 5.02. The van der Waals surface area contributed by atoms with E-state index in [4.69, 9.17) is 9.47 Å². The molecular formula is C10H16O3. The Bertz CT molecular complexity index is 181. The molecule has 0 radical (unpaired) electrons. The molecule has 0 amide bonds. The lowest BCUT2D eigenvalue weighted by Gasteiger charge is -2.26. The summed E-state index contributed by atoms with van der Waals surface area (Å²) in [7, 11) is 0. The Balaban J connectivity index is 2.15. The number of esters is 1. The van der Waals surface area contributed by atoms with Crippen LogP contribution in [0.1, 0.15) is 19.8 Å². The van der Waals surface area contributed by atoms with Gasteiger partial charge in [0.1, 0.15) is 0 Å². The monoisotopic (exact) mass is 184 g/mol. The van der Waals surface area contributed by atoms with Crippen LogP contribution >= 0.6 is 0 Å². The molecule has 74 valence electrons. The first-order chi connectivity index (χ1) is 6.22. The van der Waals surface area contributed by atoms with E-state index in [0.29, 0.717) is 25.2 Å². The lowest BCUT2D eigenvalue weighted by molar-refractivity contribution is -0.141. The Morgan fingerprint density at radius 1 is 1.69 bits per heavy atom. The molecule has 0 saturated carbocycles. The maximum atomic E-state index is 10.7. The third-order valence-corrected chi connectivity index (χ3v) is 2.23. The van der Waals surface area contributed by atoms with Gasteiger partial charge in [-0.3, -0.25) is 0 Å². The van der Waals surface area contributed by atoms with Crippen molar-refractivity contribution < 1.29 is 14.3 Å². The SMILES string of the molecule is C=CC(=O)OCC1CCC(C)OC1. The summed E-state index contributed by atoms with van der Waals surface area (Å²) in [6.07, 6.45) is 3.67. The quantitative estimate of drug-likeness (QED) is 0.493. The molecule has 0 N–H and O–H groups in total. The number of carbonyl (C=O) groups excluding carboxylic acids is 1. The van der Waals surface area contributed by atoms with Gasteiger partial charge in [-0.05, 0) is 19.8 Å². The average molecular weight is 184 g/mol. The van der Waals surface area contributed by atoms with E-state index < -0.39 is 0 Å². The summed E-state index contributed by atoms with van der Waals surface area (Å²) in [6.45, 7) is 6.55. The van der Waals surface area contributed by atoms with E-state index in [1.54, 1.807) is 0 Å². The van der Waals surface area contributed by atoms with Crippen LogP contribution in [-0.2, 0) is 14.3 Å². The van der Waals surface area contributed by atoms with Gasteiger partial charge in [0.05, 0.1) is 19.3 Å². The Morgan fingerprint density at radius 3 is 3.00 bits per heavy atom. The zero-order chi connectivity index (χ0) is 9.68. The lowest BCUT2D eigenvalue weighted by atomic mass is 10.0. The maximum absolute atomic E-state index is 10.7. The van der Waals surface area contributed by atoms with E-state index in [0.717, 1.165) is 12.8 Å². The van der Waals surface area contributed by atoms with Gasteiger partial charge in [0.2, 0.25) is 0 Å². The smallest absolute Gasteiger partial charge is 0.330 e. The predicted octanol–water partition coefficient (Wildman–Crippen LogP) is 1.53. The molecule has 2 unspecified atom stereocenters. The van der Waals surface area contributed by atoms with Gasteiger partial charge in [-0.15, -0.1) is 0 Å². The summed E-state index contributed by atoms with van der Waals surface area (Å²) < 4.78 is 10.4. The molecule has 0 aromatic carbocycles. The first kappa shape index (κ1) is 10.3. The number of hydrogen-bond acceptors (Lipinski definition) is 3. The van der Waals surface area contributed by atoms with Crippen LogP contribution in [0.5, 0.6) is 0 Å². The number of ether oxygens (including phenoxy) is 2.